The Hall–Kier alpha value is -1.47. The number of β-amino-alcohol motifs (C(OH)–C–C–N with tert-alkyl or cyclic N) is 1. The highest BCUT2D eigenvalue weighted by atomic mass is 32.1. The molecule has 4 N–H and O–H groups in total. The van der Waals surface area contributed by atoms with Gasteiger partial charge in [0.15, 0.2) is 5.75 Å². The van der Waals surface area contributed by atoms with Gasteiger partial charge in [0.2, 0.25) is 0 Å². The second-order valence-electron chi connectivity index (χ2n) is 5.39. The van der Waals surface area contributed by atoms with Crippen molar-refractivity contribution >= 4 is 27.9 Å². The number of thiophene rings is 1. The van der Waals surface area contributed by atoms with Crippen molar-refractivity contribution in [2.45, 2.75) is 39.4 Å². The van der Waals surface area contributed by atoms with Gasteiger partial charge in [0.1, 0.15) is 15.6 Å². The number of nitrogens with two attached hydrogens (primary N) is 1. The molecule has 1 saturated heterocycles. The van der Waals surface area contributed by atoms with Crippen molar-refractivity contribution in [2.24, 2.45) is 0 Å². The summed E-state index contributed by atoms with van der Waals surface area (Å²) >= 11 is 1.33. The molecule has 2 heterocycles. The Morgan fingerprint density at radius 3 is 2.86 bits per heavy atom. The van der Waals surface area contributed by atoms with Gasteiger partial charge in [-0.25, -0.2) is 0 Å². The molecule has 0 saturated carbocycles. The third kappa shape index (κ3) is 3.41. The molecule has 1 aromatic rings. The normalized spacial score (nSPS) is 18.3. The van der Waals surface area contributed by atoms with Crippen LogP contribution in [0.25, 0.3) is 0 Å². The van der Waals surface area contributed by atoms with Gasteiger partial charge < -0.3 is 25.8 Å². The van der Waals surface area contributed by atoms with E-state index in [4.69, 9.17) is 10.5 Å². The van der Waals surface area contributed by atoms with Crippen molar-refractivity contribution in [3.8, 4) is 5.75 Å². The van der Waals surface area contributed by atoms with Crippen LogP contribution in [0.15, 0.2) is 0 Å². The molecule has 1 aliphatic heterocycles. The second kappa shape index (κ2) is 6.53. The number of nitrogens with zero attached hydrogens (tertiary/aromatic N) is 1. The van der Waals surface area contributed by atoms with Crippen LogP contribution in [0.3, 0.4) is 0 Å². The third-order valence-corrected chi connectivity index (χ3v) is 4.48. The predicted molar refractivity (Wildman–Crippen MR) is 85.3 cm³/mol. The zero-order valence-corrected chi connectivity index (χ0v) is 13.5. The van der Waals surface area contributed by atoms with Crippen LogP contribution in [-0.2, 0) is 0 Å². The summed E-state index contributed by atoms with van der Waals surface area (Å²) in [5.41, 5.74) is 6.51. The Kier molecular flexibility index (Phi) is 4.95. The topological polar surface area (TPSA) is 87.8 Å². The maximum Gasteiger partial charge on any atom is 0.263 e. The number of aliphatic hydroxyl groups is 1. The van der Waals surface area contributed by atoms with E-state index in [0.717, 1.165) is 18.0 Å². The molecule has 0 aliphatic carbocycles. The summed E-state index contributed by atoms with van der Waals surface area (Å²) < 4.78 is 5.81. The number of carbonyl (C=O) groups excluding carboxylic acids is 1. The number of ether oxygens (including phenoxy) is 1. The van der Waals surface area contributed by atoms with Gasteiger partial charge in [-0.3, -0.25) is 4.79 Å². The van der Waals surface area contributed by atoms with Crippen molar-refractivity contribution in [2.75, 3.05) is 30.3 Å². The first-order chi connectivity index (χ1) is 9.93. The lowest BCUT2D eigenvalue weighted by molar-refractivity contribution is 0.0960. The van der Waals surface area contributed by atoms with Crippen molar-refractivity contribution in [3.63, 3.8) is 0 Å². The summed E-state index contributed by atoms with van der Waals surface area (Å²) in [5, 5.41) is 13.3. The van der Waals surface area contributed by atoms with Gasteiger partial charge in [-0.05, 0) is 27.2 Å². The molecule has 1 amide bonds. The van der Waals surface area contributed by atoms with E-state index in [2.05, 4.69) is 5.32 Å². The van der Waals surface area contributed by atoms with E-state index in [-0.39, 0.29) is 18.1 Å². The first kappa shape index (κ1) is 15.9. The van der Waals surface area contributed by atoms with E-state index in [1.165, 1.54) is 11.3 Å². The smallest absolute Gasteiger partial charge is 0.263 e. The highest BCUT2D eigenvalue weighted by Gasteiger charge is 2.30. The molecule has 2 rings (SSSR count). The summed E-state index contributed by atoms with van der Waals surface area (Å²) in [6.07, 6.45) is 0.346. The maximum absolute atomic E-state index is 12.1. The number of amides is 1. The summed E-state index contributed by atoms with van der Waals surface area (Å²) in [4.78, 5) is 14.6. The van der Waals surface area contributed by atoms with E-state index in [1.807, 2.05) is 25.7 Å². The minimum atomic E-state index is -0.340. The number of carbonyl (C=O) groups is 1. The van der Waals surface area contributed by atoms with E-state index >= 15 is 0 Å². The molecule has 1 aliphatic rings. The number of hydrogen-bond acceptors (Lipinski definition) is 6. The Morgan fingerprint density at radius 1 is 1.62 bits per heavy atom. The van der Waals surface area contributed by atoms with Gasteiger partial charge in [0.25, 0.3) is 5.91 Å². The Balaban J connectivity index is 2.37. The van der Waals surface area contributed by atoms with Gasteiger partial charge >= 0.3 is 0 Å². The quantitative estimate of drug-likeness (QED) is 0.765. The molecule has 6 nitrogen and oxygen atoms in total. The lowest BCUT2D eigenvalue weighted by Gasteiger charge is -2.19. The fraction of sp³-hybridized carbons (Fsp3) is 0.643. The number of anilines is 2. The summed E-state index contributed by atoms with van der Waals surface area (Å²) in [5.74, 6) is 0.380. The first-order valence-electron chi connectivity index (χ1n) is 7.24. The standard InChI is InChI=1S/C14H23N3O3S/c1-4-16-13(19)12-10(15)11(20-8(2)3)14(21-12)17-6-5-9(18)7-17/h8-9,18H,4-7,15H2,1-3H3,(H,16,19). The largest absolute Gasteiger partial charge is 0.486 e. The van der Waals surface area contributed by atoms with E-state index < -0.39 is 0 Å². The fourth-order valence-corrected chi connectivity index (χ4v) is 3.42. The molecular formula is C14H23N3O3S. The number of nitrogens with one attached hydrogen (secondary N) is 1. The average Bonchev–Trinajstić information content (AvgIpc) is 2.95. The molecular weight excluding hydrogens is 290 g/mol. The number of nitrogen functional groups attached to an aromatic ring is 1. The monoisotopic (exact) mass is 313 g/mol. The second-order valence-corrected chi connectivity index (χ2v) is 6.39. The van der Waals surface area contributed by atoms with Crippen LogP contribution in [0.5, 0.6) is 5.75 Å². The van der Waals surface area contributed by atoms with Crippen molar-refractivity contribution < 1.29 is 14.6 Å². The number of aliphatic hydroxyl groups excluding tert-OH is 1. The van der Waals surface area contributed by atoms with Gasteiger partial charge in [-0.15, -0.1) is 11.3 Å². The number of hydrogen-bond donors (Lipinski definition) is 3. The molecule has 0 bridgehead atoms. The van der Waals surface area contributed by atoms with Crippen LogP contribution in [0.4, 0.5) is 10.7 Å². The lowest BCUT2D eigenvalue weighted by atomic mass is 10.3. The Labute approximate surface area is 128 Å². The first-order valence-corrected chi connectivity index (χ1v) is 8.05. The molecule has 1 atom stereocenters. The average molecular weight is 313 g/mol. The molecule has 118 valence electrons. The van der Waals surface area contributed by atoms with Crippen LogP contribution in [0, 0.1) is 0 Å². The molecule has 0 radical (unpaired) electrons. The van der Waals surface area contributed by atoms with E-state index in [0.29, 0.717) is 29.4 Å². The molecule has 7 heteroatoms. The summed E-state index contributed by atoms with van der Waals surface area (Å²) in [7, 11) is 0. The van der Waals surface area contributed by atoms with E-state index in [9.17, 15) is 9.90 Å². The predicted octanol–water partition coefficient (Wildman–Crippen LogP) is 1.44. The lowest BCUT2D eigenvalue weighted by Crippen LogP contribution is -2.22. The van der Waals surface area contributed by atoms with Gasteiger partial charge in [0, 0.05) is 19.6 Å². The van der Waals surface area contributed by atoms with Crippen LogP contribution >= 0.6 is 11.3 Å². The highest BCUT2D eigenvalue weighted by molar-refractivity contribution is 7.19. The SMILES string of the molecule is CCNC(=O)c1sc(N2CCC(O)C2)c(OC(C)C)c1N. The van der Waals surface area contributed by atoms with Gasteiger partial charge in [-0.2, -0.15) is 0 Å². The van der Waals surface area contributed by atoms with Crippen LogP contribution in [-0.4, -0.2) is 42.9 Å². The van der Waals surface area contributed by atoms with Crippen molar-refractivity contribution in [3.05, 3.63) is 4.88 Å². The fourth-order valence-electron chi connectivity index (χ4n) is 2.31. The zero-order chi connectivity index (χ0) is 15.6. The van der Waals surface area contributed by atoms with Gasteiger partial charge in [0.05, 0.1) is 12.2 Å². The Morgan fingerprint density at radius 2 is 2.33 bits per heavy atom. The summed E-state index contributed by atoms with van der Waals surface area (Å²) in [6.45, 7) is 7.55. The minimum Gasteiger partial charge on any atom is -0.486 e. The van der Waals surface area contributed by atoms with Crippen LogP contribution in [0.2, 0.25) is 0 Å². The van der Waals surface area contributed by atoms with Gasteiger partial charge in [-0.1, -0.05) is 0 Å². The van der Waals surface area contributed by atoms with Crippen LogP contribution < -0.4 is 20.7 Å². The number of rotatable bonds is 5. The third-order valence-electron chi connectivity index (χ3n) is 3.23. The van der Waals surface area contributed by atoms with Crippen molar-refractivity contribution in [1.82, 2.24) is 5.32 Å². The molecule has 21 heavy (non-hydrogen) atoms. The zero-order valence-electron chi connectivity index (χ0n) is 12.7. The highest BCUT2D eigenvalue weighted by Crippen LogP contribution is 2.46. The molecule has 0 aromatic carbocycles. The Bertz CT molecular complexity index is 516. The molecule has 1 unspecified atom stereocenters. The summed E-state index contributed by atoms with van der Waals surface area (Å²) in [6, 6.07) is 0. The van der Waals surface area contributed by atoms with E-state index in [1.54, 1.807) is 0 Å². The molecule has 1 fully saturated rings. The maximum atomic E-state index is 12.1. The molecule has 0 spiro atoms. The van der Waals surface area contributed by atoms with Crippen LogP contribution in [0.1, 0.15) is 36.9 Å². The minimum absolute atomic E-state index is 0.0322. The molecule has 1 aromatic heterocycles. The van der Waals surface area contributed by atoms with Crippen molar-refractivity contribution in [1.29, 1.82) is 0 Å².